The van der Waals surface area contributed by atoms with Crippen LogP contribution in [0.2, 0.25) is 0 Å². The number of pyridine rings is 1. The number of nitrogens with one attached hydrogen (secondary N) is 1. The van der Waals surface area contributed by atoms with Gasteiger partial charge in [0, 0.05) is 24.5 Å². The van der Waals surface area contributed by atoms with Crippen molar-refractivity contribution < 1.29 is 18.8 Å². The minimum atomic E-state index is -0.439. The Balaban J connectivity index is 1.47. The maximum absolute atomic E-state index is 12.1. The van der Waals surface area contributed by atoms with Crippen LogP contribution in [0.5, 0.6) is 11.5 Å². The Morgan fingerprint density at radius 1 is 1.12 bits per heavy atom. The van der Waals surface area contributed by atoms with Gasteiger partial charge in [-0.2, -0.15) is 4.98 Å². The molecule has 0 atom stereocenters. The highest BCUT2D eigenvalue weighted by Crippen LogP contribution is 2.35. The van der Waals surface area contributed by atoms with Crippen molar-refractivity contribution in [2.75, 3.05) is 6.79 Å². The smallest absolute Gasteiger partial charge is 0.316 e. The second-order valence-electron chi connectivity index (χ2n) is 5.03. The number of carbonyl (C=O) groups is 1. The van der Waals surface area contributed by atoms with Crippen molar-refractivity contribution >= 4 is 5.91 Å². The molecule has 8 nitrogen and oxygen atoms in total. The van der Waals surface area contributed by atoms with Crippen molar-refractivity contribution in [1.29, 1.82) is 0 Å². The zero-order valence-electron chi connectivity index (χ0n) is 12.4. The fourth-order valence-corrected chi connectivity index (χ4v) is 2.23. The number of hydrogen-bond donors (Lipinski definition) is 1. The van der Waals surface area contributed by atoms with Gasteiger partial charge in [-0.1, -0.05) is 5.16 Å². The largest absolute Gasteiger partial charge is 0.454 e. The van der Waals surface area contributed by atoms with Gasteiger partial charge >= 0.3 is 11.8 Å². The summed E-state index contributed by atoms with van der Waals surface area (Å²) in [5, 5.41) is 6.55. The summed E-state index contributed by atoms with van der Waals surface area (Å²) in [5.74, 6) is 1.05. The number of fused-ring (bicyclic) bond motifs is 1. The van der Waals surface area contributed by atoms with E-state index < -0.39 is 5.91 Å². The molecule has 1 aliphatic heterocycles. The molecule has 120 valence electrons. The van der Waals surface area contributed by atoms with E-state index in [1.54, 1.807) is 30.6 Å². The number of ether oxygens (including phenoxy) is 2. The fourth-order valence-electron chi connectivity index (χ4n) is 2.23. The molecular weight excluding hydrogens is 312 g/mol. The summed E-state index contributed by atoms with van der Waals surface area (Å²) in [6.45, 7) is 0.538. The highest BCUT2D eigenvalue weighted by Gasteiger charge is 2.19. The van der Waals surface area contributed by atoms with Gasteiger partial charge in [-0.25, -0.2) is 0 Å². The van der Waals surface area contributed by atoms with Crippen LogP contribution in [0.15, 0.2) is 47.2 Å². The molecule has 0 aliphatic carbocycles. The van der Waals surface area contributed by atoms with Crippen LogP contribution in [0.25, 0.3) is 11.4 Å². The number of hydrogen-bond acceptors (Lipinski definition) is 7. The molecule has 3 aromatic rings. The van der Waals surface area contributed by atoms with Gasteiger partial charge in [0.2, 0.25) is 12.6 Å². The van der Waals surface area contributed by atoms with E-state index in [2.05, 4.69) is 20.4 Å². The molecule has 0 saturated carbocycles. The van der Waals surface area contributed by atoms with Crippen molar-refractivity contribution in [2.45, 2.75) is 6.54 Å². The Morgan fingerprint density at radius 2 is 1.96 bits per heavy atom. The first-order valence-electron chi connectivity index (χ1n) is 7.20. The van der Waals surface area contributed by atoms with Gasteiger partial charge in [0.05, 0.1) is 0 Å². The van der Waals surface area contributed by atoms with Crippen LogP contribution >= 0.6 is 0 Å². The van der Waals surface area contributed by atoms with Crippen molar-refractivity contribution in [3.05, 3.63) is 54.2 Å². The topological polar surface area (TPSA) is 99.4 Å². The molecule has 0 bridgehead atoms. The predicted molar refractivity (Wildman–Crippen MR) is 81.3 cm³/mol. The molecule has 0 fully saturated rings. The monoisotopic (exact) mass is 324 g/mol. The number of aromatic nitrogens is 3. The van der Waals surface area contributed by atoms with Crippen LogP contribution in [-0.2, 0) is 6.54 Å². The molecule has 1 amide bonds. The van der Waals surface area contributed by atoms with Crippen LogP contribution in [0, 0.1) is 0 Å². The maximum Gasteiger partial charge on any atom is 0.316 e. The molecular formula is C16H12N4O4. The Morgan fingerprint density at radius 3 is 2.83 bits per heavy atom. The lowest BCUT2D eigenvalue weighted by atomic mass is 10.2. The lowest BCUT2D eigenvalue weighted by molar-refractivity contribution is 0.0907. The number of carbonyl (C=O) groups excluding carboxylic acids is 1. The molecule has 8 heteroatoms. The second kappa shape index (κ2) is 5.99. The fraction of sp³-hybridized carbons (Fsp3) is 0.125. The second-order valence-corrected chi connectivity index (χ2v) is 5.03. The number of nitrogens with zero attached hydrogens (tertiary/aromatic N) is 3. The Labute approximate surface area is 136 Å². The zero-order valence-corrected chi connectivity index (χ0v) is 12.4. The summed E-state index contributed by atoms with van der Waals surface area (Å²) in [6.07, 6.45) is 3.32. The Bertz CT molecular complexity index is 879. The minimum absolute atomic E-state index is 0.100. The van der Waals surface area contributed by atoms with Gasteiger partial charge in [0.1, 0.15) is 0 Å². The summed E-state index contributed by atoms with van der Waals surface area (Å²) < 4.78 is 15.6. The van der Waals surface area contributed by atoms with Crippen molar-refractivity contribution in [2.24, 2.45) is 0 Å². The molecule has 0 spiro atoms. The Hall–Kier alpha value is -3.42. The molecule has 3 heterocycles. The first-order chi connectivity index (χ1) is 11.8. The summed E-state index contributed by atoms with van der Waals surface area (Å²) in [7, 11) is 0. The number of rotatable bonds is 4. The molecule has 1 N–H and O–H groups in total. The van der Waals surface area contributed by atoms with E-state index in [1.165, 1.54) is 0 Å². The highest BCUT2D eigenvalue weighted by atomic mass is 16.7. The van der Waals surface area contributed by atoms with Crippen LogP contribution in [-0.4, -0.2) is 27.8 Å². The van der Waals surface area contributed by atoms with Gasteiger partial charge in [-0.3, -0.25) is 9.78 Å². The molecule has 0 unspecified atom stereocenters. The van der Waals surface area contributed by atoms with E-state index in [0.717, 1.165) is 5.56 Å². The summed E-state index contributed by atoms with van der Waals surface area (Å²) in [5.41, 5.74) is 1.60. The summed E-state index contributed by atoms with van der Waals surface area (Å²) in [6, 6.07) is 8.90. The van der Waals surface area contributed by atoms with Crippen LogP contribution in [0.3, 0.4) is 0 Å². The molecule has 1 aromatic carbocycles. The predicted octanol–water partition coefficient (Wildman–Crippen LogP) is 1.79. The van der Waals surface area contributed by atoms with Gasteiger partial charge < -0.3 is 19.3 Å². The van der Waals surface area contributed by atoms with Crippen LogP contribution in [0.1, 0.15) is 16.2 Å². The highest BCUT2D eigenvalue weighted by molar-refractivity contribution is 5.89. The minimum Gasteiger partial charge on any atom is -0.454 e. The van der Waals surface area contributed by atoms with E-state index in [0.29, 0.717) is 29.4 Å². The molecule has 2 aromatic heterocycles. The average molecular weight is 324 g/mol. The standard InChI is InChI=1S/C16H12N4O4/c21-15(18-8-10-3-5-17-6-4-10)16-19-14(20-24-16)11-1-2-12-13(7-11)23-9-22-12/h1-7H,8-9H2,(H,18,21). The van der Waals surface area contributed by atoms with Gasteiger partial charge in [-0.05, 0) is 35.9 Å². The zero-order chi connectivity index (χ0) is 16.4. The normalized spacial score (nSPS) is 12.2. The van der Waals surface area contributed by atoms with E-state index in [9.17, 15) is 4.79 Å². The van der Waals surface area contributed by atoms with Crippen LogP contribution in [0.4, 0.5) is 0 Å². The average Bonchev–Trinajstić information content (AvgIpc) is 3.29. The lowest BCUT2D eigenvalue weighted by Crippen LogP contribution is -2.23. The number of amides is 1. The summed E-state index contributed by atoms with van der Waals surface area (Å²) in [4.78, 5) is 20.1. The summed E-state index contributed by atoms with van der Waals surface area (Å²) >= 11 is 0. The number of benzene rings is 1. The van der Waals surface area contributed by atoms with Crippen molar-refractivity contribution in [3.8, 4) is 22.9 Å². The van der Waals surface area contributed by atoms with E-state index in [-0.39, 0.29) is 12.7 Å². The van der Waals surface area contributed by atoms with Crippen molar-refractivity contribution in [1.82, 2.24) is 20.4 Å². The first-order valence-corrected chi connectivity index (χ1v) is 7.20. The van der Waals surface area contributed by atoms with E-state index in [1.807, 2.05) is 12.1 Å². The SMILES string of the molecule is O=C(NCc1ccncc1)c1nc(-c2ccc3c(c2)OCO3)no1. The molecule has 0 radical (unpaired) electrons. The first kappa shape index (κ1) is 14.2. The van der Waals surface area contributed by atoms with Gasteiger partial charge in [0.25, 0.3) is 0 Å². The van der Waals surface area contributed by atoms with Crippen LogP contribution < -0.4 is 14.8 Å². The van der Waals surface area contributed by atoms with E-state index in [4.69, 9.17) is 14.0 Å². The lowest BCUT2D eigenvalue weighted by Gasteiger charge is -2.01. The molecule has 1 aliphatic rings. The third-order valence-electron chi connectivity index (χ3n) is 3.45. The van der Waals surface area contributed by atoms with E-state index >= 15 is 0 Å². The molecule has 0 saturated heterocycles. The van der Waals surface area contributed by atoms with Crippen molar-refractivity contribution in [3.63, 3.8) is 0 Å². The quantitative estimate of drug-likeness (QED) is 0.781. The molecule has 24 heavy (non-hydrogen) atoms. The maximum atomic E-state index is 12.1. The van der Waals surface area contributed by atoms with Gasteiger partial charge in [0.15, 0.2) is 11.5 Å². The molecule has 4 rings (SSSR count). The third kappa shape index (κ3) is 2.76. The van der Waals surface area contributed by atoms with Gasteiger partial charge in [-0.15, -0.1) is 0 Å². The Kier molecular flexibility index (Phi) is 3.54. The third-order valence-corrected chi connectivity index (χ3v) is 3.45.